The molecule has 0 saturated heterocycles. The summed E-state index contributed by atoms with van der Waals surface area (Å²) in [5.41, 5.74) is 1.57. The van der Waals surface area contributed by atoms with Gasteiger partial charge in [-0.2, -0.15) is 4.98 Å². The van der Waals surface area contributed by atoms with Crippen LogP contribution < -0.4 is 0 Å². The number of nitrogens with zero attached hydrogens (tertiary/aromatic N) is 4. The van der Waals surface area contributed by atoms with Gasteiger partial charge in [0.1, 0.15) is 16.5 Å². The minimum absolute atomic E-state index is 0.0330. The molecule has 4 aromatic rings. The molecule has 0 spiro atoms. The molecular weight excluding hydrogens is 375 g/mol. The second kappa shape index (κ2) is 6.98. The Morgan fingerprint density at radius 1 is 1.04 bits per heavy atom. The van der Waals surface area contributed by atoms with Crippen LogP contribution in [0, 0.1) is 5.82 Å². The van der Waals surface area contributed by atoms with Crippen LogP contribution in [0.15, 0.2) is 58.1 Å². The van der Waals surface area contributed by atoms with Crippen LogP contribution in [-0.4, -0.2) is 20.3 Å². The summed E-state index contributed by atoms with van der Waals surface area (Å²) in [4.78, 5) is 4.54. The van der Waals surface area contributed by atoms with Crippen molar-refractivity contribution < 1.29 is 8.91 Å². The van der Waals surface area contributed by atoms with E-state index in [0.717, 1.165) is 45.7 Å². The van der Waals surface area contributed by atoms with E-state index in [1.807, 2.05) is 31.2 Å². The highest BCUT2D eigenvalue weighted by Gasteiger charge is 2.30. The number of thioether (sulfide) groups is 1. The van der Waals surface area contributed by atoms with Crippen molar-refractivity contribution in [1.29, 1.82) is 0 Å². The van der Waals surface area contributed by atoms with Crippen molar-refractivity contribution in [3.63, 3.8) is 0 Å². The molecule has 0 radical (unpaired) electrons. The van der Waals surface area contributed by atoms with Crippen molar-refractivity contribution in [1.82, 2.24) is 20.3 Å². The monoisotopic (exact) mass is 392 g/mol. The van der Waals surface area contributed by atoms with Crippen molar-refractivity contribution in [2.45, 2.75) is 36.0 Å². The lowest BCUT2D eigenvalue weighted by molar-refractivity contribution is 0.375. The summed E-state index contributed by atoms with van der Waals surface area (Å²) in [5, 5.41) is 15.7. The van der Waals surface area contributed by atoms with Crippen LogP contribution in [0.3, 0.4) is 0 Å². The first kappa shape index (κ1) is 17.3. The second-order valence-corrected chi connectivity index (χ2v) is 8.26. The van der Waals surface area contributed by atoms with Crippen LogP contribution in [0.5, 0.6) is 0 Å². The highest BCUT2D eigenvalue weighted by Crippen LogP contribution is 2.41. The summed E-state index contributed by atoms with van der Waals surface area (Å²) >= 11 is 1.55. The molecular formula is C21H17FN4OS. The van der Waals surface area contributed by atoms with E-state index in [1.54, 1.807) is 23.9 Å². The normalized spacial score (nSPS) is 15.1. The lowest BCUT2D eigenvalue weighted by atomic mass is 10.1. The molecule has 7 heteroatoms. The summed E-state index contributed by atoms with van der Waals surface area (Å²) in [6.07, 6.45) is 2.28. The molecule has 1 saturated carbocycles. The van der Waals surface area contributed by atoms with E-state index in [2.05, 4.69) is 20.3 Å². The molecule has 1 atom stereocenters. The first-order valence-corrected chi connectivity index (χ1v) is 10.1. The zero-order valence-corrected chi connectivity index (χ0v) is 16.0. The summed E-state index contributed by atoms with van der Waals surface area (Å²) in [6.45, 7) is 2.03. The zero-order valence-electron chi connectivity index (χ0n) is 15.2. The van der Waals surface area contributed by atoms with Crippen molar-refractivity contribution in [2.75, 3.05) is 0 Å². The predicted octanol–water partition coefficient (Wildman–Crippen LogP) is 5.55. The molecule has 0 N–H and O–H groups in total. The van der Waals surface area contributed by atoms with E-state index in [1.165, 1.54) is 12.1 Å². The van der Waals surface area contributed by atoms with E-state index in [9.17, 15) is 4.39 Å². The fourth-order valence-corrected chi connectivity index (χ4v) is 4.05. The summed E-state index contributed by atoms with van der Waals surface area (Å²) in [7, 11) is 0. The summed E-state index contributed by atoms with van der Waals surface area (Å²) in [6, 6.07) is 14.3. The van der Waals surface area contributed by atoms with Crippen LogP contribution in [0.25, 0.3) is 22.0 Å². The van der Waals surface area contributed by atoms with Gasteiger partial charge in [-0.15, -0.1) is 10.2 Å². The fourth-order valence-electron chi connectivity index (χ4n) is 3.12. The van der Waals surface area contributed by atoms with E-state index in [4.69, 9.17) is 4.52 Å². The topological polar surface area (TPSA) is 64.7 Å². The van der Waals surface area contributed by atoms with Crippen molar-refractivity contribution >= 4 is 22.5 Å². The minimum Gasteiger partial charge on any atom is -0.338 e. The van der Waals surface area contributed by atoms with Gasteiger partial charge in [-0.25, -0.2) is 4.39 Å². The number of hydrogen-bond donors (Lipinski definition) is 0. The van der Waals surface area contributed by atoms with Gasteiger partial charge in [-0.3, -0.25) is 0 Å². The predicted molar refractivity (Wildman–Crippen MR) is 105 cm³/mol. The average molecular weight is 392 g/mol. The van der Waals surface area contributed by atoms with Crippen molar-refractivity contribution in [3.8, 4) is 11.3 Å². The van der Waals surface area contributed by atoms with Gasteiger partial charge in [0.15, 0.2) is 5.82 Å². The van der Waals surface area contributed by atoms with Gasteiger partial charge in [-0.1, -0.05) is 41.2 Å². The lowest BCUT2D eigenvalue weighted by Gasteiger charge is -2.11. The Balaban J connectivity index is 1.49. The third-order valence-electron chi connectivity index (χ3n) is 4.81. The van der Waals surface area contributed by atoms with Gasteiger partial charge in [0.2, 0.25) is 5.89 Å². The molecule has 1 unspecified atom stereocenters. The maximum Gasteiger partial charge on any atom is 0.239 e. The van der Waals surface area contributed by atoms with Crippen LogP contribution >= 0.6 is 11.8 Å². The first-order valence-electron chi connectivity index (χ1n) is 9.20. The Hall–Kier alpha value is -2.80. The molecule has 0 bridgehead atoms. The Morgan fingerprint density at radius 3 is 2.54 bits per heavy atom. The summed E-state index contributed by atoms with van der Waals surface area (Å²) in [5.74, 6) is 1.61. The Morgan fingerprint density at radius 2 is 1.79 bits per heavy atom. The van der Waals surface area contributed by atoms with Gasteiger partial charge >= 0.3 is 0 Å². The van der Waals surface area contributed by atoms with Crippen LogP contribution in [0.2, 0.25) is 0 Å². The van der Waals surface area contributed by atoms with Gasteiger partial charge in [0.25, 0.3) is 0 Å². The van der Waals surface area contributed by atoms with Gasteiger partial charge in [0.05, 0.1) is 5.25 Å². The summed E-state index contributed by atoms with van der Waals surface area (Å²) < 4.78 is 18.7. The van der Waals surface area contributed by atoms with Crippen molar-refractivity contribution in [3.05, 3.63) is 66.1 Å². The highest BCUT2D eigenvalue weighted by atomic mass is 32.2. The van der Waals surface area contributed by atoms with Crippen LogP contribution in [0.1, 0.15) is 42.6 Å². The van der Waals surface area contributed by atoms with Gasteiger partial charge in [0, 0.05) is 22.3 Å². The molecule has 1 fully saturated rings. The maximum absolute atomic E-state index is 13.3. The number of rotatable bonds is 5. The third-order valence-corrected chi connectivity index (χ3v) is 5.89. The van der Waals surface area contributed by atoms with E-state index in [-0.39, 0.29) is 11.1 Å². The van der Waals surface area contributed by atoms with Crippen molar-refractivity contribution in [2.24, 2.45) is 0 Å². The second-order valence-electron chi connectivity index (χ2n) is 6.93. The SMILES string of the molecule is CC(Sc1nnc(-c2ccc(F)cc2)c2ccccc12)c1nc(C2CC2)no1. The molecule has 2 aromatic heterocycles. The molecule has 5 nitrogen and oxygen atoms in total. The number of benzene rings is 2. The van der Waals surface area contributed by atoms with Crippen LogP contribution in [-0.2, 0) is 0 Å². The lowest BCUT2D eigenvalue weighted by Crippen LogP contribution is -1.96. The number of fused-ring (bicyclic) bond motifs is 1. The molecule has 0 amide bonds. The highest BCUT2D eigenvalue weighted by molar-refractivity contribution is 7.99. The number of aromatic nitrogens is 4. The van der Waals surface area contributed by atoms with Gasteiger partial charge in [-0.05, 0) is 44.0 Å². The smallest absolute Gasteiger partial charge is 0.239 e. The Kier molecular flexibility index (Phi) is 4.31. The standard InChI is InChI=1S/C21H17FN4OS/c1-12(20-23-19(26-27-20)14-6-7-14)28-21-17-5-3-2-4-16(17)18(24-25-21)13-8-10-15(22)11-9-13/h2-5,8-12,14H,6-7H2,1H3. The molecule has 28 heavy (non-hydrogen) atoms. The largest absolute Gasteiger partial charge is 0.338 e. The van der Waals surface area contributed by atoms with E-state index >= 15 is 0 Å². The molecule has 0 aliphatic heterocycles. The molecule has 140 valence electrons. The molecule has 5 rings (SSSR count). The fraction of sp³-hybridized carbons (Fsp3) is 0.238. The molecule has 2 heterocycles. The zero-order chi connectivity index (χ0) is 19.1. The van der Waals surface area contributed by atoms with E-state index in [0.29, 0.717) is 11.8 Å². The Bertz CT molecular complexity index is 1140. The third kappa shape index (κ3) is 3.26. The number of hydrogen-bond acceptors (Lipinski definition) is 6. The molecule has 1 aliphatic rings. The average Bonchev–Trinajstić information content (AvgIpc) is 3.45. The first-order chi connectivity index (χ1) is 13.7. The quantitative estimate of drug-likeness (QED) is 0.415. The molecule has 1 aliphatic carbocycles. The number of halogens is 1. The minimum atomic E-state index is -0.271. The Labute approximate surface area is 165 Å². The van der Waals surface area contributed by atoms with Gasteiger partial charge < -0.3 is 4.52 Å². The molecule has 2 aromatic carbocycles. The maximum atomic E-state index is 13.3. The van der Waals surface area contributed by atoms with E-state index < -0.39 is 0 Å². The van der Waals surface area contributed by atoms with Crippen LogP contribution in [0.4, 0.5) is 4.39 Å².